The van der Waals surface area contributed by atoms with E-state index in [2.05, 4.69) is 65.3 Å². The third-order valence-electron chi connectivity index (χ3n) is 3.94. The fourth-order valence-electron chi connectivity index (χ4n) is 1.75. The molecule has 0 rings (SSSR count). The van der Waals surface area contributed by atoms with Gasteiger partial charge >= 0.3 is 0 Å². The molecule has 0 bridgehead atoms. The summed E-state index contributed by atoms with van der Waals surface area (Å²) in [6, 6.07) is 0. The van der Waals surface area contributed by atoms with Gasteiger partial charge in [-0.3, -0.25) is 0 Å². The molecule has 21 heavy (non-hydrogen) atoms. The quantitative estimate of drug-likeness (QED) is 0.471. The molecule has 0 aromatic rings. The van der Waals surface area contributed by atoms with Crippen molar-refractivity contribution in [1.29, 1.82) is 0 Å². The molecule has 124 valence electrons. The number of rotatable bonds is 8. The Bertz CT molecular complexity index is 358. The number of hydrogen-bond acceptors (Lipinski definition) is 2. The highest BCUT2D eigenvalue weighted by Crippen LogP contribution is 2.36. The van der Waals surface area contributed by atoms with E-state index < -0.39 is 16.4 Å². The number of hydrogen-bond donors (Lipinski definition) is 1. The first-order valence-corrected chi connectivity index (χ1v) is 14.5. The first-order chi connectivity index (χ1) is 9.39. The van der Waals surface area contributed by atoms with Gasteiger partial charge in [-0.25, -0.2) is 0 Å². The molecule has 0 unspecified atom stereocenters. The second-order valence-electron chi connectivity index (χ2n) is 8.45. The lowest BCUT2D eigenvalue weighted by molar-refractivity contribution is 0.288. The van der Waals surface area contributed by atoms with Gasteiger partial charge in [0.2, 0.25) is 8.32 Å². The summed E-state index contributed by atoms with van der Waals surface area (Å²) in [7, 11) is -2.89. The van der Waals surface area contributed by atoms with Crippen LogP contribution in [0.2, 0.25) is 37.8 Å². The van der Waals surface area contributed by atoms with Crippen molar-refractivity contribution in [3.63, 3.8) is 0 Å². The molecule has 0 aliphatic rings. The highest BCUT2D eigenvalue weighted by atomic mass is 28.4. The third-order valence-corrected chi connectivity index (χ3v) is 9.55. The van der Waals surface area contributed by atoms with Crippen molar-refractivity contribution in [1.82, 2.24) is 0 Å². The summed E-state index contributed by atoms with van der Waals surface area (Å²) in [6.07, 6.45) is 6.84. The SMILES string of the molecule is CC(C)(C)[Si](C)(C)O/C=C/C/C(=C\[Si](C)(C)C)CCCO. The smallest absolute Gasteiger partial charge is 0.249 e. The molecule has 4 heteroatoms. The van der Waals surface area contributed by atoms with Crippen LogP contribution in [0.4, 0.5) is 0 Å². The maximum absolute atomic E-state index is 9.03. The molecule has 0 atom stereocenters. The van der Waals surface area contributed by atoms with E-state index in [-0.39, 0.29) is 11.6 Å². The largest absolute Gasteiger partial charge is 0.549 e. The maximum Gasteiger partial charge on any atom is 0.249 e. The van der Waals surface area contributed by atoms with Gasteiger partial charge in [0.05, 0.1) is 14.3 Å². The first-order valence-electron chi connectivity index (χ1n) is 8.03. The van der Waals surface area contributed by atoms with Crippen molar-refractivity contribution < 1.29 is 9.53 Å². The molecular weight excluding hydrogens is 292 g/mol. The van der Waals surface area contributed by atoms with Crippen molar-refractivity contribution in [3.05, 3.63) is 23.6 Å². The third kappa shape index (κ3) is 9.32. The van der Waals surface area contributed by atoms with E-state index in [0.29, 0.717) is 0 Å². The standard InChI is InChI=1S/C17H36O2Si2/c1-17(2,3)21(7,8)19-14-10-12-16(11-9-13-18)15-20(4,5)6/h10,14-15,18H,9,11-13H2,1-8H3/b14-10+,16-15-. The molecule has 2 nitrogen and oxygen atoms in total. The average Bonchev–Trinajstić information content (AvgIpc) is 2.28. The van der Waals surface area contributed by atoms with Gasteiger partial charge in [0, 0.05) is 6.61 Å². The molecule has 0 aromatic heterocycles. The predicted octanol–water partition coefficient (Wildman–Crippen LogP) is 5.49. The van der Waals surface area contributed by atoms with E-state index in [1.165, 1.54) is 5.57 Å². The van der Waals surface area contributed by atoms with E-state index in [4.69, 9.17) is 9.53 Å². The Labute approximate surface area is 134 Å². The summed E-state index contributed by atoms with van der Waals surface area (Å²) >= 11 is 0. The molecule has 0 amide bonds. The molecule has 0 aliphatic carbocycles. The minimum Gasteiger partial charge on any atom is -0.549 e. The Balaban J connectivity index is 4.63. The molecule has 1 N–H and O–H groups in total. The van der Waals surface area contributed by atoms with Gasteiger partial charge < -0.3 is 9.53 Å². The fraction of sp³-hybridized carbons (Fsp3) is 0.765. The van der Waals surface area contributed by atoms with Crippen LogP contribution in [-0.2, 0) is 4.43 Å². The molecule has 0 saturated heterocycles. The minimum atomic E-state index is -1.69. The topological polar surface area (TPSA) is 29.5 Å². The molecule has 0 radical (unpaired) electrons. The Morgan fingerprint density at radius 2 is 1.67 bits per heavy atom. The molecular formula is C17H36O2Si2. The van der Waals surface area contributed by atoms with Crippen LogP contribution in [-0.4, -0.2) is 28.1 Å². The lowest BCUT2D eigenvalue weighted by Crippen LogP contribution is -2.39. The lowest BCUT2D eigenvalue weighted by Gasteiger charge is -2.35. The van der Waals surface area contributed by atoms with Crippen molar-refractivity contribution in [2.75, 3.05) is 6.61 Å². The van der Waals surface area contributed by atoms with Crippen molar-refractivity contribution in [2.45, 2.75) is 77.8 Å². The van der Waals surface area contributed by atoms with Gasteiger partial charge in [0.15, 0.2) is 0 Å². The second-order valence-corrected chi connectivity index (χ2v) is 18.2. The van der Waals surface area contributed by atoms with E-state index >= 15 is 0 Å². The summed E-state index contributed by atoms with van der Waals surface area (Å²) in [5, 5.41) is 9.27. The summed E-state index contributed by atoms with van der Waals surface area (Å²) in [4.78, 5) is 0. The lowest BCUT2D eigenvalue weighted by atomic mass is 10.1. The molecule has 0 fully saturated rings. The maximum atomic E-state index is 9.03. The molecule has 0 heterocycles. The second kappa shape index (κ2) is 8.34. The zero-order chi connectivity index (χ0) is 16.7. The first kappa shape index (κ1) is 20.7. The Morgan fingerprint density at radius 1 is 1.10 bits per heavy atom. The zero-order valence-electron chi connectivity index (χ0n) is 15.4. The van der Waals surface area contributed by atoms with Crippen LogP contribution >= 0.6 is 0 Å². The molecule has 0 aliphatic heterocycles. The van der Waals surface area contributed by atoms with Crippen molar-refractivity contribution in [3.8, 4) is 0 Å². The number of aliphatic hydroxyl groups is 1. The van der Waals surface area contributed by atoms with Gasteiger partial charge in [-0.1, -0.05) is 51.7 Å². The summed E-state index contributed by atoms with van der Waals surface area (Å²) < 4.78 is 6.07. The van der Waals surface area contributed by atoms with Gasteiger partial charge in [-0.05, 0) is 43.5 Å². The van der Waals surface area contributed by atoms with Crippen LogP contribution in [0.3, 0.4) is 0 Å². The molecule has 0 saturated carbocycles. The Kier molecular flexibility index (Phi) is 8.21. The van der Waals surface area contributed by atoms with Crippen molar-refractivity contribution in [2.24, 2.45) is 0 Å². The summed E-state index contributed by atoms with van der Waals surface area (Å²) in [5.74, 6) is 0. The highest BCUT2D eigenvalue weighted by Gasteiger charge is 2.37. The Morgan fingerprint density at radius 3 is 2.10 bits per heavy atom. The highest BCUT2D eigenvalue weighted by molar-refractivity contribution is 6.81. The summed E-state index contributed by atoms with van der Waals surface area (Å²) in [6.45, 7) is 18.6. The molecule has 0 aromatic carbocycles. The van der Waals surface area contributed by atoms with E-state index in [1.807, 2.05) is 6.26 Å². The zero-order valence-corrected chi connectivity index (χ0v) is 17.4. The van der Waals surface area contributed by atoms with Crippen molar-refractivity contribution >= 4 is 16.4 Å². The number of aliphatic hydroxyl groups excluding tert-OH is 1. The average molecular weight is 329 g/mol. The van der Waals surface area contributed by atoms with E-state index in [9.17, 15) is 0 Å². The van der Waals surface area contributed by atoms with Crippen LogP contribution in [0.1, 0.15) is 40.0 Å². The van der Waals surface area contributed by atoms with Gasteiger partial charge in [0.25, 0.3) is 0 Å². The normalized spacial score (nSPS) is 14.8. The van der Waals surface area contributed by atoms with Crippen LogP contribution < -0.4 is 0 Å². The fourth-order valence-corrected chi connectivity index (χ4v) is 4.02. The number of allylic oxidation sites excluding steroid dienone is 2. The van der Waals surface area contributed by atoms with Gasteiger partial charge in [0.1, 0.15) is 0 Å². The van der Waals surface area contributed by atoms with Crippen LogP contribution in [0.25, 0.3) is 0 Å². The molecule has 0 spiro atoms. The monoisotopic (exact) mass is 328 g/mol. The van der Waals surface area contributed by atoms with Crippen LogP contribution in [0, 0.1) is 0 Å². The predicted molar refractivity (Wildman–Crippen MR) is 99.8 cm³/mol. The van der Waals surface area contributed by atoms with E-state index in [1.54, 1.807) is 0 Å². The van der Waals surface area contributed by atoms with E-state index in [0.717, 1.165) is 19.3 Å². The Hall–Kier alpha value is -0.326. The van der Waals surface area contributed by atoms with Crippen LogP contribution in [0.5, 0.6) is 0 Å². The summed E-state index contributed by atoms with van der Waals surface area (Å²) in [5.41, 5.74) is 3.90. The van der Waals surface area contributed by atoms with Crippen LogP contribution in [0.15, 0.2) is 23.6 Å². The van der Waals surface area contributed by atoms with Gasteiger partial charge in [-0.2, -0.15) is 0 Å². The minimum absolute atomic E-state index is 0.241. The van der Waals surface area contributed by atoms with Gasteiger partial charge in [-0.15, -0.1) is 0 Å².